The first-order valence-electron chi connectivity index (χ1n) is 7.39. The minimum Gasteiger partial charge on any atom is -0.450 e. The second-order valence-electron chi connectivity index (χ2n) is 5.44. The summed E-state index contributed by atoms with van der Waals surface area (Å²) in [6, 6.07) is 1.91. The molecule has 2 aromatic heterocycles. The summed E-state index contributed by atoms with van der Waals surface area (Å²) in [4.78, 5) is 16.7. The highest BCUT2D eigenvalue weighted by molar-refractivity contribution is 5.87. The Morgan fingerprint density at radius 1 is 1.26 bits per heavy atom. The van der Waals surface area contributed by atoms with Gasteiger partial charge in [0.1, 0.15) is 11.4 Å². The first kappa shape index (κ1) is 18.4. The van der Waals surface area contributed by atoms with Gasteiger partial charge < -0.3 is 20.8 Å². The van der Waals surface area contributed by atoms with Gasteiger partial charge in [-0.2, -0.15) is 13.2 Å². The van der Waals surface area contributed by atoms with Crippen LogP contribution in [-0.4, -0.2) is 16.0 Å². The number of carbonyl (C=O) groups is 1. The van der Waals surface area contributed by atoms with Gasteiger partial charge in [-0.05, 0) is 23.8 Å². The van der Waals surface area contributed by atoms with Crippen LogP contribution in [0.2, 0.25) is 0 Å². The normalized spacial score (nSPS) is 11.6. The molecule has 3 rings (SSSR count). The summed E-state index contributed by atoms with van der Waals surface area (Å²) in [5, 5.41) is 1.70. The zero-order chi connectivity index (χ0) is 19.8. The first-order chi connectivity index (χ1) is 12.7. The molecule has 0 radical (unpaired) electrons. The molecule has 4 N–H and O–H groups in total. The van der Waals surface area contributed by atoms with E-state index in [0.717, 1.165) is 24.4 Å². The number of H-pyrrole nitrogens is 1. The Balaban J connectivity index is 2.01. The van der Waals surface area contributed by atoms with Crippen LogP contribution in [-0.2, 0) is 12.7 Å². The molecule has 0 bridgehead atoms. The van der Waals surface area contributed by atoms with E-state index in [1.807, 2.05) is 0 Å². The number of nitrogens with two attached hydrogens (primary N) is 1. The lowest BCUT2D eigenvalue weighted by Crippen LogP contribution is -2.28. The molecule has 1 aromatic carbocycles. The Hall–Kier alpha value is -3.37. The Morgan fingerprint density at radius 3 is 2.52 bits per heavy atom. The van der Waals surface area contributed by atoms with E-state index in [1.54, 1.807) is 0 Å². The molecule has 3 aromatic rings. The molecule has 142 valence electrons. The molecular formula is C16H11F5N4O2. The third kappa shape index (κ3) is 3.76. The highest BCUT2D eigenvalue weighted by Crippen LogP contribution is 2.40. The number of aromatic amines is 1. The van der Waals surface area contributed by atoms with Crippen molar-refractivity contribution in [3.8, 4) is 11.5 Å². The summed E-state index contributed by atoms with van der Waals surface area (Å²) in [5.41, 5.74) is 3.70. The van der Waals surface area contributed by atoms with Gasteiger partial charge in [0.2, 0.25) is 0 Å². The molecule has 0 unspecified atom stereocenters. The number of rotatable bonds is 4. The topological polar surface area (TPSA) is 93.0 Å². The number of hydrogen-bond donors (Lipinski definition) is 3. The predicted octanol–water partition coefficient (Wildman–Crippen LogP) is 3.82. The largest absolute Gasteiger partial charge is 0.450 e. The van der Waals surface area contributed by atoms with Crippen LogP contribution in [0.1, 0.15) is 11.1 Å². The molecule has 0 aliphatic carbocycles. The van der Waals surface area contributed by atoms with Crippen molar-refractivity contribution in [3.63, 3.8) is 0 Å². The maximum absolute atomic E-state index is 14.2. The van der Waals surface area contributed by atoms with Gasteiger partial charge >= 0.3 is 12.2 Å². The number of aromatic nitrogens is 2. The van der Waals surface area contributed by atoms with Crippen molar-refractivity contribution in [2.45, 2.75) is 12.7 Å². The van der Waals surface area contributed by atoms with Crippen molar-refractivity contribution in [2.75, 3.05) is 0 Å². The van der Waals surface area contributed by atoms with Crippen LogP contribution < -0.4 is 15.8 Å². The number of benzene rings is 1. The molecule has 0 spiro atoms. The third-order valence-corrected chi connectivity index (χ3v) is 3.58. The second-order valence-corrected chi connectivity index (χ2v) is 5.44. The third-order valence-electron chi connectivity index (χ3n) is 3.58. The molecule has 6 nitrogen and oxygen atoms in total. The maximum atomic E-state index is 14.2. The molecular weight excluding hydrogens is 375 g/mol. The van der Waals surface area contributed by atoms with Crippen LogP contribution in [0.25, 0.3) is 11.0 Å². The van der Waals surface area contributed by atoms with E-state index in [2.05, 4.69) is 15.3 Å². The average Bonchev–Trinajstić information content (AvgIpc) is 3.01. The monoisotopic (exact) mass is 386 g/mol. The first-order valence-corrected chi connectivity index (χ1v) is 7.39. The fraction of sp³-hybridized carbons (Fsp3) is 0.125. The molecule has 2 heterocycles. The summed E-state index contributed by atoms with van der Waals surface area (Å²) in [6.45, 7) is -0.237. The Bertz CT molecular complexity index is 993. The number of primary amides is 1. The Morgan fingerprint density at radius 2 is 1.93 bits per heavy atom. The molecule has 0 saturated carbocycles. The van der Waals surface area contributed by atoms with E-state index in [0.29, 0.717) is 6.20 Å². The number of urea groups is 1. The summed E-state index contributed by atoms with van der Waals surface area (Å²) < 4.78 is 73.0. The van der Waals surface area contributed by atoms with Crippen molar-refractivity contribution in [3.05, 3.63) is 53.4 Å². The van der Waals surface area contributed by atoms with Crippen LogP contribution in [0.5, 0.6) is 11.5 Å². The van der Waals surface area contributed by atoms with Gasteiger partial charge in [0, 0.05) is 18.9 Å². The summed E-state index contributed by atoms with van der Waals surface area (Å²) >= 11 is 0. The lowest BCUT2D eigenvalue weighted by atomic mass is 10.2. The SMILES string of the molecule is NC(=O)NCc1cc(F)c(Oc2ccnc3[nH]cc(C(F)(F)F)c23)c(F)c1. The van der Waals surface area contributed by atoms with Gasteiger partial charge in [0.15, 0.2) is 17.4 Å². The number of alkyl halides is 3. The predicted molar refractivity (Wildman–Crippen MR) is 84.0 cm³/mol. The lowest BCUT2D eigenvalue weighted by molar-refractivity contribution is -0.136. The molecule has 0 aliphatic heterocycles. The van der Waals surface area contributed by atoms with E-state index < -0.39 is 46.3 Å². The molecule has 0 aliphatic rings. The number of fused-ring (bicyclic) bond motifs is 1. The second kappa shape index (κ2) is 6.74. The van der Waals surface area contributed by atoms with Crippen molar-refractivity contribution < 1.29 is 31.5 Å². The van der Waals surface area contributed by atoms with E-state index in [4.69, 9.17) is 10.5 Å². The lowest BCUT2D eigenvalue weighted by Gasteiger charge is -2.12. The summed E-state index contributed by atoms with van der Waals surface area (Å²) in [6.07, 6.45) is -2.90. The standard InChI is InChI=1S/C16H11F5N4O2/c17-9-3-7(5-25-15(22)26)4-10(18)13(9)27-11-1-2-23-14-12(11)8(6-24-14)16(19,20)21/h1-4,6H,5H2,(H,23,24)(H3,22,25,26). The van der Waals surface area contributed by atoms with Crippen LogP contribution in [0.4, 0.5) is 26.7 Å². The van der Waals surface area contributed by atoms with Crippen molar-refractivity contribution in [1.82, 2.24) is 15.3 Å². The smallest absolute Gasteiger partial charge is 0.418 e. The van der Waals surface area contributed by atoms with Gasteiger partial charge in [0.25, 0.3) is 0 Å². The Kier molecular flexibility index (Phi) is 4.60. The van der Waals surface area contributed by atoms with Gasteiger partial charge in [-0.1, -0.05) is 0 Å². The number of halogens is 5. The summed E-state index contributed by atoms with van der Waals surface area (Å²) in [7, 11) is 0. The highest BCUT2D eigenvalue weighted by Gasteiger charge is 2.35. The Labute approximate surface area is 148 Å². The number of ether oxygens (including phenoxy) is 1. The zero-order valence-electron chi connectivity index (χ0n) is 13.3. The molecule has 2 amide bonds. The molecule has 0 fully saturated rings. The van der Waals surface area contributed by atoms with Crippen LogP contribution in [0.3, 0.4) is 0 Å². The number of amides is 2. The quantitative estimate of drug-likeness (QED) is 0.595. The number of nitrogens with one attached hydrogen (secondary N) is 2. The van der Waals surface area contributed by atoms with Gasteiger partial charge in [-0.15, -0.1) is 0 Å². The summed E-state index contributed by atoms with van der Waals surface area (Å²) in [5.74, 6) is -3.63. The average molecular weight is 386 g/mol. The van der Waals surface area contributed by atoms with Crippen LogP contribution >= 0.6 is 0 Å². The molecule has 27 heavy (non-hydrogen) atoms. The fourth-order valence-electron chi connectivity index (χ4n) is 2.45. The maximum Gasteiger partial charge on any atom is 0.418 e. The van der Waals surface area contributed by atoms with Crippen molar-refractivity contribution >= 4 is 17.1 Å². The van der Waals surface area contributed by atoms with E-state index in [-0.39, 0.29) is 17.8 Å². The number of nitrogens with zero attached hydrogens (tertiary/aromatic N) is 1. The number of pyridine rings is 1. The molecule has 0 atom stereocenters. The minimum atomic E-state index is -4.72. The zero-order valence-corrected chi connectivity index (χ0v) is 13.3. The van der Waals surface area contributed by atoms with Gasteiger partial charge in [-0.25, -0.2) is 18.6 Å². The number of hydrogen-bond acceptors (Lipinski definition) is 3. The van der Waals surface area contributed by atoms with Crippen LogP contribution in [0, 0.1) is 11.6 Å². The van der Waals surface area contributed by atoms with Crippen LogP contribution in [0.15, 0.2) is 30.6 Å². The van der Waals surface area contributed by atoms with E-state index >= 15 is 0 Å². The molecule has 0 saturated heterocycles. The van der Waals surface area contributed by atoms with E-state index in [9.17, 15) is 26.7 Å². The minimum absolute atomic E-state index is 0.0497. The van der Waals surface area contributed by atoms with Crippen molar-refractivity contribution in [2.24, 2.45) is 5.73 Å². The number of carbonyl (C=O) groups excluding carboxylic acids is 1. The van der Waals surface area contributed by atoms with Gasteiger partial charge in [-0.3, -0.25) is 0 Å². The van der Waals surface area contributed by atoms with E-state index in [1.165, 1.54) is 0 Å². The highest BCUT2D eigenvalue weighted by atomic mass is 19.4. The fourth-order valence-corrected chi connectivity index (χ4v) is 2.45. The van der Waals surface area contributed by atoms with Gasteiger partial charge in [0.05, 0.1) is 10.9 Å². The molecule has 11 heteroatoms. The van der Waals surface area contributed by atoms with Crippen molar-refractivity contribution in [1.29, 1.82) is 0 Å².